The molecule has 2 fully saturated rings. The first-order chi connectivity index (χ1) is 19.6. The van der Waals surface area contributed by atoms with Gasteiger partial charge < -0.3 is 23.9 Å². The molecule has 11 heteroatoms. The van der Waals surface area contributed by atoms with E-state index < -0.39 is 23.2 Å². The van der Waals surface area contributed by atoms with Gasteiger partial charge in [0.2, 0.25) is 0 Å². The van der Waals surface area contributed by atoms with Crippen LogP contribution in [0.4, 0.5) is 8.78 Å². The van der Waals surface area contributed by atoms with Crippen molar-refractivity contribution in [2.24, 2.45) is 0 Å². The van der Waals surface area contributed by atoms with Crippen molar-refractivity contribution < 1.29 is 32.9 Å². The van der Waals surface area contributed by atoms with Crippen molar-refractivity contribution in [1.29, 1.82) is 0 Å². The van der Waals surface area contributed by atoms with Gasteiger partial charge in [-0.15, -0.1) is 0 Å². The molecule has 4 heterocycles. The zero-order chi connectivity index (χ0) is 28.8. The van der Waals surface area contributed by atoms with Crippen molar-refractivity contribution in [2.45, 2.75) is 50.2 Å². The topological polar surface area (TPSA) is 86.1 Å². The number of likely N-dealkylation sites (tertiary alicyclic amines) is 1. The van der Waals surface area contributed by atoms with Gasteiger partial charge in [-0.3, -0.25) is 4.90 Å². The molecule has 3 aliphatic heterocycles. The summed E-state index contributed by atoms with van der Waals surface area (Å²) in [5.74, 6) is -0.797. The second-order valence-electron chi connectivity index (χ2n) is 11.0. The van der Waals surface area contributed by atoms with Crippen LogP contribution in [0.25, 0.3) is 6.08 Å². The van der Waals surface area contributed by atoms with Gasteiger partial charge in [0.25, 0.3) is 5.79 Å². The van der Waals surface area contributed by atoms with Crippen molar-refractivity contribution in [3.05, 3.63) is 82.2 Å². The molecule has 0 saturated carbocycles. The SMILES string of the molecule is CC1(c2ccc(Cl)cc2F)Oc2cccc(C3CCN(Cc4ncc(/C=C/C(=O)O)n4CC4(F)COC4)CC3)c2O1. The smallest absolute Gasteiger partial charge is 0.328 e. The van der Waals surface area contributed by atoms with Crippen LogP contribution in [0.5, 0.6) is 11.5 Å². The Morgan fingerprint density at radius 3 is 2.68 bits per heavy atom. The van der Waals surface area contributed by atoms with Crippen LogP contribution in [0, 0.1) is 5.82 Å². The number of ether oxygens (including phenoxy) is 3. The van der Waals surface area contributed by atoms with Gasteiger partial charge in [-0.25, -0.2) is 18.6 Å². The lowest BCUT2D eigenvalue weighted by Crippen LogP contribution is -2.49. The van der Waals surface area contributed by atoms with Gasteiger partial charge in [-0.2, -0.15) is 0 Å². The third kappa shape index (κ3) is 5.56. The molecule has 2 aromatic carbocycles. The van der Waals surface area contributed by atoms with Crippen LogP contribution in [0.15, 0.2) is 48.7 Å². The van der Waals surface area contributed by atoms with Gasteiger partial charge in [0.1, 0.15) is 11.6 Å². The molecular weight excluding hydrogens is 556 g/mol. The summed E-state index contributed by atoms with van der Waals surface area (Å²) in [7, 11) is 0. The Labute approximate surface area is 241 Å². The van der Waals surface area contributed by atoms with Gasteiger partial charge in [0, 0.05) is 23.6 Å². The maximum absolute atomic E-state index is 15.0. The monoisotopic (exact) mass is 585 g/mol. The summed E-state index contributed by atoms with van der Waals surface area (Å²) in [5, 5.41) is 9.35. The van der Waals surface area contributed by atoms with E-state index in [9.17, 15) is 13.6 Å². The first-order valence-electron chi connectivity index (χ1n) is 13.5. The minimum atomic E-state index is -1.49. The molecule has 1 N–H and O–H groups in total. The summed E-state index contributed by atoms with van der Waals surface area (Å²) in [6.45, 7) is 3.82. The van der Waals surface area contributed by atoms with Gasteiger partial charge in [0.05, 0.1) is 43.8 Å². The van der Waals surface area contributed by atoms with E-state index in [1.165, 1.54) is 12.1 Å². The lowest BCUT2D eigenvalue weighted by molar-refractivity contribution is -0.137. The number of carboxylic acid groups (broad SMARTS) is 1. The largest absolute Gasteiger partial charge is 0.478 e. The van der Waals surface area contributed by atoms with E-state index in [1.807, 2.05) is 18.2 Å². The number of fused-ring (bicyclic) bond motifs is 1. The molecule has 0 spiro atoms. The lowest BCUT2D eigenvalue weighted by atomic mass is 9.88. The molecule has 1 unspecified atom stereocenters. The second kappa shape index (κ2) is 10.7. The number of halogens is 3. The fraction of sp³-hybridized carbons (Fsp3) is 0.400. The number of para-hydroxylation sites is 1. The number of hydrogen-bond acceptors (Lipinski definition) is 6. The maximum atomic E-state index is 15.0. The number of aliphatic carboxylic acids is 1. The van der Waals surface area contributed by atoms with Crippen molar-refractivity contribution in [2.75, 3.05) is 26.3 Å². The number of alkyl halides is 1. The first kappa shape index (κ1) is 27.7. The van der Waals surface area contributed by atoms with E-state index in [4.69, 9.17) is 30.9 Å². The average molecular weight is 586 g/mol. The number of nitrogens with zero attached hydrogens (tertiary/aromatic N) is 3. The second-order valence-corrected chi connectivity index (χ2v) is 11.4. The number of aromatic nitrogens is 2. The summed E-state index contributed by atoms with van der Waals surface area (Å²) in [6.07, 6.45) is 5.74. The molecule has 0 aliphatic carbocycles. The summed E-state index contributed by atoms with van der Waals surface area (Å²) >= 11 is 5.94. The molecule has 3 aromatic rings. The van der Waals surface area contributed by atoms with Crippen molar-refractivity contribution in [3.63, 3.8) is 0 Å². The van der Waals surface area contributed by atoms with E-state index in [0.717, 1.165) is 37.6 Å². The van der Waals surface area contributed by atoms with E-state index >= 15 is 0 Å². The molecule has 8 nitrogen and oxygen atoms in total. The van der Waals surface area contributed by atoms with Gasteiger partial charge in [0.15, 0.2) is 17.2 Å². The summed E-state index contributed by atoms with van der Waals surface area (Å²) in [5.41, 5.74) is 0.342. The predicted molar refractivity (Wildman–Crippen MR) is 147 cm³/mol. The Hall–Kier alpha value is -3.47. The standard InChI is InChI=1S/C30H30ClF2N3O5/c1-29(23-7-5-20(31)13-24(23)32)40-25-4-2-3-22(28(25)41-29)19-9-11-35(12-10-19)15-26-34-14-21(6-8-27(37)38)36(26)16-30(33)17-39-18-30/h2-8,13-14,19H,9-12,15-18H2,1H3,(H,37,38)/b8-6+. The Kier molecular flexibility index (Phi) is 7.25. The molecular formula is C30H30ClF2N3O5. The zero-order valence-electron chi connectivity index (χ0n) is 22.5. The molecule has 0 bridgehead atoms. The third-order valence-electron chi connectivity index (χ3n) is 7.95. The van der Waals surface area contributed by atoms with Crippen LogP contribution < -0.4 is 9.47 Å². The van der Waals surface area contributed by atoms with Crippen molar-refractivity contribution in [3.8, 4) is 11.5 Å². The first-order valence-corrected chi connectivity index (χ1v) is 13.9. The fourth-order valence-electron chi connectivity index (χ4n) is 5.76. The summed E-state index contributed by atoms with van der Waals surface area (Å²) in [4.78, 5) is 17.8. The Bertz CT molecular complexity index is 1500. The van der Waals surface area contributed by atoms with Crippen molar-refractivity contribution >= 4 is 23.6 Å². The highest BCUT2D eigenvalue weighted by Gasteiger charge is 2.43. The molecule has 1 atom stereocenters. The highest BCUT2D eigenvalue weighted by Crippen LogP contribution is 2.49. The van der Waals surface area contributed by atoms with Crippen LogP contribution >= 0.6 is 11.6 Å². The number of benzene rings is 2. The quantitative estimate of drug-likeness (QED) is 0.348. The van der Waals surface area contributed by atoms with Gasteiger partial charge in [-0.1, -0.05) is 23.7 Å². The number of imidazole rings is 1. The van der Waals surface area contributed by atoms with Crippen molar-refractivity contribution in [1.82, 2.24) is 14.5 Å². The lowest BCUT2D eigenvalue weighted by Gasteiger charge is -2.35. The molecule has 3 aliphatic rings. The molecule has 41 heavy (non-hydrogen) atoms. The number of carbonyl (C=O) groups is 1. The van der Waals surface area contributed by atoms with Crippen LogP contribution in [0.3, 0.4) is 0 Å². The van der Waals surface area contributed by atoms with Gasteiger partial charge in [-0.05, 0) is 62.2 Å². The van der Waals surface area contributed by atoms with Gasteiger partial charge >= 0.3 is 5.97 Å². The van der Waals surface area contributed by atoms with Crippen LogP contribution in [-0.2, 0) is 28.4 Å². The van der Waals surface area contributed by atoms with E-state index in [0.29, 0.717) is 34.6 Å². The van der Waals surface area contributed by atoms with E-state index in [2.05, 4.69) is 9.88 Å². The summed E-state index contributed by atoms with van der Waals surface area (Å²) < 4.78 is 49.0. The summed E-state index contributed by atoms with van der Waals surface area (Å²) in [6, 6.07) is 10.2. The number of hydrogen-bond donors (Lipinski definition) is 1. The van der Waals surface area contributed by atoms with Crippen LogP contribution in [0.2, 0.25) is 5.02 Å². The predicted octanol–water partition coefficient (Wildman–Crippen LogP) is 5.54. The average Bonchev–Trinajstić information content (AvgIpc) is 3.46. The normalized spacial score (nSPS) is 22.2. The maximum Gasteiger partial charge on any atom is 0.328 e. The minimum absolute atomic E-state index is 0.00892. The van der Waals surface area contributed by atoms with Crippen LogP contribution in [0.1, 0.15) is 48.3 Å². The number of carboxylic acids is 1. The molecule has 0 radical (unpaired) electrons. The Morgan fingerprint density at radius 2 is 2.00 bits per heavy atom. The number of piperidine rings is 1. The Morgan fingerprint density at radius 1 is 1.22 bits per heavy atom. The fourth-order valence-corrected chi connectivity index (χ4v) is 5.92. The molecule has 216 valence electrons. The number of rotatable bonds is 8. The molecule has 1 aromatic heterocycles. The highest BCUT2D eigenvalue weighted by atomic mass is 35.5. The highest BCUT2D eigenvalue weighted by molar-refractivity contribution is 6.30. The molecule has 6 rings (SSSR count). The third-order valence-corrected chi connectivity index (χ3v) is 8.19. The van der Waals surface area contributed by atoms with Crippen LogP contribution in [-0.4, -0.2) is 57.5 Å². The molecule has 2 saturated heterocycles. The van der Waals surface area contributed by atoms with E-state index in [-0.39, 0.29) is 31.2 Å². The Balaban J connectivity index is 1.15. The molecule has 0 amide bonds. The minimum Gasteiger partial charge on any atom is -0.478 e. The zero-order valence-corrected chi connectivity index (χ0v) is 23.2. The van der Waals surface area contributed by atoms with E-state index in [1.54, 1.807) is 29.8 Å².